The number of nitrogens with two attached hydrogens (primary N) is 1. The van der Waals surface area contributed by atoms with Gasteiger partial charge >= 0.3 is 0 Å². The topological polar surface area (TPSA) is 54.2 Å². The molecule has 0 aromatic carbocycles. The number of nitrogens with one attached hydrogen (secondary N) is 1. The molecule has 1 aromatic rings. The summed E-state index contributed by atoms with van der Waals surface area (Å²) in [6.45, 7) is 10.6. The van der Waals surface area contributed by atoms with Crippen molar-refractivity contribution in [3.63, 3.8) is 0 Å². The maximum absolute atomic E-state index is 5.73. The highest BCUT2D eigenvalue weighted by atomic mass is 15.1. The summed E-state index contributed by atoms with van der Waals surface area (Å²) in [6, 6.07) is 3.83. The molecule has 0 spiro atoms. The molecule has 0 atom stereocenters. The Morgan fingerprint density at radius 2 is 2.06 bits per heavy atom. The van der Waals surface area contributed by atoms with Crippen molar-refractivity contribution in [1.82, 2.24) is 9.88 Å². The van der Waals surface area contributed by atoms with Gasteiger partial charge in [0, 0.05) is 13.1 Å². The van der Waals surface area contributed by atoms with E-state index in [-0.39, 0.29) is 0 Å². The summed E-state index contributed by atoms with van der Waals surface area (Å²) >= 11 is 0. The summed E-state index contributed by atoms with van der Waals surface area (Å²) in [6.07, 6.45) is 1.20. The number of aryl methyl sites for hydroxylation is 1. The van der Waals surface area contributed by atoms with Crippen LogP contribution in [0.25, 0.3) is 0 Å². The van der Waals surface area contributed by atoms with Gasteiger partial charge in [0.1, 0.15) is 5.82 Å². The Morgan fingerprint density at radius 1 is 1.29 bits per heavy atom. The summed E-state index contributed by atoms with van der Waals surface area (Å²) in [5.74, 6) is 0.907. The Balaban J connectivity index is 2.37. The third-order valence-electron chi connectivity index (χ3n) is 2.85. The standard InChI is InChI=1S/C13H24N4/c1-4-9-17(5-2)10-8-15-13-7-6-12(14)11(3)16-13/h6-7H,4-5,8-10,14H2,1-3H3,(H,15,16). The molecule has 1 heterocycles. The van der Waals surface area contributed by atoms with Gasteiger partial charge in [-0.05, 0) is 38.6 Å². The third kappa shape index (κ3) is 4.61. The molecule has 0 saturated carbocycles. The fraction of sp³-hybridized carbons (Fsp3) is 0.615. The molecule has 0 saturated heterocycles. The number of likely N-dealkylation sites (N-methyl/N-ethyl adjacent to an activating group) is 1. The molecule has 4 heteroatoms. The highest BCUT2D eigenvalue weighted by molar-refractivity contribution is 5.48. The molecule has 3 N–H and O–H groups in total. The number of hydrogen-bond acceptors (Lipinski definition) is 4. The monoisotopic (exact) mass is 236 g/mol. The van der Waals surface area contributed by atoms with Crippen molar-refractivity contribution in [2.45, 2.75) is 27.2 Å². The summed E-state index contributed by atoms with van der Waals surface area (Å²) in [7, 11) is 0. The lowest BCUT2D eigenvalue weighted by molar-refractivity contribution is 0.300. The molecule has 0 unspecified atom stereocenters. The minimum Gasteiger partial charge on any atom is -0.397 e. The largest absolute Gasteiger partial charge is 0.397 e. The van der Waals surface area contributed by atoms with Crippen LogP contribution in [0, 0.1) is 6.92 Å². The maximum Gasteiger partial charge on any atom is 0.126 e. The van der Waals surface area contributed by atoms with Gasteiger partial charge in [0.05, 0.1) is 11.4 Å². The zero-order chi connectivity index (χ0) is 12.7. The van der Waals surface area contributed by atoms with Crippen molar-refractivity contribution in [1.29, 1.82) is 0 Å². The molecule has 96 valence electrons. The summed E-state index contributed by atoms with van der Waals surface area (Å²) in [4.78, 5) is 6.81. The van der Waals surface area contributed by atoms with E-state index in [9.17, 15) is 0 Å². The van der Waals surface area contributed by atoms with E-state index in [2.05, 4.69) is 29.0 Å². The van der Waals surface area contributed by atoms with Crippen LogP contribution in [-0.4, -0.2) is 36.1 Å². The highest BCUT2D eigenvalue weighted by Gasteiger charge is 2.01. The van der Waals surface area contributed by atoms with Crippen molar-refractivity contribution in [2.24, 2.45) is 0 Å². The van der Waals surface area contributed by atoms with Crippen LogP contribution in [-0.2, 0) is 0 Å². The zero-order valence-corrected chi connectivity index (χ0v) is 11.2. The number of nitrogens with zero attached hydrogens (tertiary/aromatic N) is 2. The zero-order valence-electron chi connectivity index (χ0n) is 11.2. The SMILES string of the molecule is CCCN(CC)CCNc1ccc(N)c(C)n1. The lowest BCUT2D eigenvalue weighted by Crippen LogP contribution is -2.29. The molecule has 1 aromatic heterocycles. The molecule has 0 fully saturated rings. The fourth-order valence-corrected chi connectivity index (χ4v) is 1.76. The second kappa shape index (κ2) is 7.12. The van der Waals surface area contributed by atoms with Gasteiger partial charge in [0.25, 0.3) is 0 Å². The van der Waals surface area contributed by atoms with E-state index in [0.717, 1.165) is 43.4 Å². The molecule has 0 aliphatic rings. The lowest BCUT2D eigenvalue weighted by Gasteiger charge is -2.19. The van der Waals surface area contributed by atoms with Crippen molar-refractivity contribution in [3.8, 4) is 0 Å². The maximum atomic E-state index is 5.73. The minimum absolute atomic E-state index is 0.747. The van der Waals surface area contributed by atoms with E-state index in [1.54, 1.807) is 0 Å². The first kappa shape index (κ1) is 13.8. The Bertz CT molecular complexity index is 338. The smallest absolute Gasteiger partial charge is 0.126 e. The summed E-state index contributed by atoms with van der Waals surface area (Å²) in [5.41, 5.74) is 7.36. The van der Waals surface area contributed by atoms with Crippen LogP contribution in [0.5, 0.6) is 0 Å². The van der Waals surface area contributed by atoms with Gasteiger partial charge in [0.15, 0.2) is 0 Å². The minimum atomic E-state index is 0.747. The number of pyridine rings is 1. The van der Waals surface area contributed by atoms with Gasteiger partial charge in [0.2, 0.25) is 0 Å². The molecular weight excluding hydrogens is 212 g/mol. The third-order valence-corrected chi connectivity index (χ3v) is 2.85. The van der Waals surface area contributed by atoms with Crippen molar-refractivity contribution in [3.05, 3.63) is 17.8 Å². The molecule has 0 aliphatic carbocycles. The van der Waals surface area contributed by atoms with Crippen LogP contribution < -0.4 is 11.1 Å². The molecular formula is C13H24N4. The molecule has 17 heavy (non-hydrogen) atoms. The molecule has 0 amide bonds. The van der Waals surface area contributed by atoms with E-state index in [1.165, 1.54) is 6.42 Å². The molecule has 1 rings (SSSR count). The number of anilines is 2. The molecule has 4 nitrogen and oxygen atoms in total. The van der Waals surface area contributed by atoms with Crippen LogP contribution in [0.3, 0.4) is 0 Å². The Morgan fingerprint density at radius 3 is 2.65 bits per heavy atom. The lowest BCUT2D eigenvalue weighted by atomic mass is 10.3. The van der Waals surface area contributed by atoms with Gasteiger partial charge in [-0.15, -0.1) is 0 Å². The van der Waals surface area contributed by atoms with Crippen molar-refractivity contribution >= 4 is 11.5 Å². The van der Waals surface area contributed by atoms with Gasteiger partial charge < -0.3 is 16.0 Å². The summed E-state index contributed by atoms with van der Waals surface area (Å²) in [5, 5.41) is 3.33. The fourth-order valence-electron chi connectivity index (χ4n) is 1.76. The van der Waals surface area contributed by atoms with Gasteiger partial charge in [-0.3, -0.25) is 0 Å². The first-order chi connectivity index (χ1) is 8.17. The predicted octanol–water partition coefficient (Wildman–Crippen LogP) is 2.12. The van der Waals surface area contributed by atoms with Gasteiger partial charge in [-0.25, -0.2) is 4.98 Å². The van der Waals surface area contributed by atoms with Crippen LogP contribution in [0.15, 0.2) is 12.1 Å². The Labute approximate surface area is 104 Å². The quantitative estimate of drug-likeness (QED) is 0.761. The van der Waals surface area contributed by atoms with Crippen LogP contribution in [0.2, 0.25) is 0 Å². The van der Waals surface area contributed by atoms with Crippen molar-refractivity contribution in [2.75, 3.05) is 37.2 Å². The van der Waals surface area contributed by atoms with E-state index < -0.39 is 0 Å². The second-order valence-electron chi connectivity index (χ2n) is 4.23. The van der Waals surface area contributed by atoms with E-state index in [0.29, 0.717) is 0 Å². The molecule has 0 bridgehead atoms. The van der Waals surface area contributed by atoms with Crippen LogP contribution in [0.1, 0.15) is 26.0 Å². The number of rotatable bonds is 7. The number of nitrogen functional groups attached to an aromatic ring is 1. The molecule has 0 aliphatic heterocycles. The predicted molar refractivity (Wildman–Crippen MR) is 74.3 cm³/mol. The Kier molecular flexibility index (Phi) is 5.77. The number of hydrogen-bond donors (Lipinski definition) is 2. The van der Waals surface area contributed by atoms with Gasteiger partial charge in [-0.2, -0.15) is 0 Å². The normalized spacial score (nSPS) is 10.8. The number of aromatic nitrogens is 1. The van der Waals surface area contributed by atoms with Crippen molar-refractivity contribution < 1.29 is 0 Å². The van der Waals surface area contributed by atoms with E-state index in [1.807, 2.05) is 19.1 Å². The van der Waals surface area contributed by atoms with Crippen LogP contribution >= 0.6 is 0 Å². The highest BCUT2D eigenvalue weighted by Crippen LogP contribution is 2.11. The van der Waals surface area contributed by atoms with E-state index in [4.69, 9.17) is 5.73 Å². The molecule has 0 radical (unpaired) electrons. The first-order valence-corrected chi connectivity index (χ1v) is 6.36. The average Bonchev–Trinajstić information content (AvgIpc) is 2.32. The van der Waals surface area contributed by atoms with Crippen LogP contribution in [0.4, 0.5) is 11.5 Å². The van der Waals surface area contributed by atoms with E-state index >= 15 is 0 Å². The average molecular weight is 236 g/mol. The summed E-state index contributed by atoms with van der Waals surface area (Å²) < 4.78 is 0. The second-order valence-corrected chi connectivity index (χ2v) is 4.23. The Hall–Kier alpha value is -1.29. The first-order valence-electron chi connectivity index (χ1n) is 6.36. The van der Waals surface area contributed by atoms with Gasteiger partial charge in [-0.1, -0.05) is 13.8 Å².